The van der Waals surface area contributed by atoms with Crippen molar-refractivity contribution in [2.45, 2.75) is 37.5 Å². The minimum atomic E-state index is -3.05. The van der Waals surface area contributed by atoms with Crippen molar-refractivity contribution in [3.63, 3.8) is 0 Å². The lowest BCUT2D eigenvalue weighted by Gasteiger charge is -2.27. The highest BCUT2D eigenvalue weighted by Gasteiger charge is 2.32. The van der Waals surface area contributed by atoms with Crippen molar-refractivity contribution in [2.24, 2.45) is 11.7 Å². The van der Waals surface area contributed by atoms with Crippen LogP contribution in [0.5, 0.6) is 0 Å². The molecule has 1 saturated carbocycles. The molecule has 0 saturated heterocycles. The van der Waals surface area contributed by atoms with E-state index in [0.29, 0.717) is 24.9 Å². The SMILES string of the molecule is CS(=O)(=O)C1CCCC(C(=O)c2ccc(CN)cc2)C1. The Kier molecular flexibility index (Phi) is 4.60. The Bertz CT molecular complexity index is 578. The lowest BCUT2D eigenvalue weighted by Crippen LogP contribution is -2.31. The molecule has 1 fully saturated rings. The smallest absolute Gasteiger partial charge is 0.165 e. The van der Waals surface area contributed by atoms with E-state index in [1.807, 2.05) is 12.1 Å². The summed E-state index contributed by atoms with van der Waals surface area (Å²) in [5.74, 6) is -0.117. The molecule has 0 radical (unpaired) electrons. The molecule has 5 heteroatoms. The summed E-state index contributed by atoms with van der Waals surface area (Å²) in [5, 5.41) is -0.367. The number of Topliss-reactive ketones (excluding diaryl/α,β-unsaturated/α-hetero) is 1. The van der Waals surface area contributed by atoms with Gasteiger partial charge in [0, 0.05) is 24.3 Å². The van der Waals surface area contributed by atoms with E-state index in [0.717, 1.165) is 18.4 Å². The summed E-state index contributed by atoms with van der Waals surface area (Å²) < 4.78 is 23.3. The third-order valence-electron chi connectivity index (χ3n) is 4.08. The molecule has 1 aromatic rings. The van der Waals surface area contributed by atoms with E-state index in [-0.39, 0.29) is 17.0 Å². The zero-order chi connectivity index (χ0) is 14.8. The van der Waals surface area contributed by atoms with E-state index < -0.39 is 9.84 Å². The van der Waals surface area contributed by atoms with Crippen LogP contribution in [0.2, 0.25) is 0 Å². The molecule has 0 bridgehead atoms. The van der Waals surface area contributed by atoms with Crippen LogP contribution in [0.4, 0.5) is 0 Å². The molecule has 110 valence electrons. The number of benzene rings is 1. The number of rotatable bonds is 4. The van der Waals surface area contributed by atoms with Gasteiger partial charge < -0.3 is 5.73 Å². The van der Waals surface area contributed by atoms with Gasteiger partial charge in [0.2, 0.25) is 0 Å². The summed E-state index contributed by atoms with van der Waals surface area (Å²) in [6.07, 6.45) is 3.98. The monoisotopic (exact) mass is 295 g/mol. The van der Waals surface area contributed by atoms with Gasteiger partial charge in [-0.05, 0) is 24.8 Å². The van der Waals surface area contributed by atoms with E-state index in [2.05, 4.69) is 0 Å². The Labute approximate surface area is 120 Å². The molecule has 1 aromatic carbocycles. The molecule has 2 rings (SSSR count). The summed E-state index contributed by atoms with van der Waals surface area (Å²) in [5.41, 5.74) is 7.17. The Morgan fingerprint density at radius 3 is 2.45 bits per heavy atom. The molecule has 1 aliphatic rings. The van der Waals surface area contributed by atoms with Gasteiger partial charge in [-0.1, -0.05) is 30.7 Å². The zero-order valence-corrected chi connectivity index (χ0v) is 12.5. The van der Waals surface area contributed by atoms with Crippen LogP contribution in [0, 0.1) is 5.92 Å². The largest absolute Gasteiger partial charge is 0.326 e. The van der Waals surface area contributed by atoms with Crippen LogP contribution in [0.1, 0.15) is 41.6 Å². The average Bonchev–Trinajstić information content (AvgIpc) is 2.46. The molecular formula is C15H21NO3S. The summed E-state index contributed by atoms with van der Waals surface area (Å²) >= 11 is 0. The van der Waals surface area contributed by atoms with Crippen molar-refractivity contribution in [1.82, 2.24) is 0 Å². The van der Waals surface area contributed by atoms with Crippen molar-refractivity contribution in [2.75, 3.05) is 6.26 Å². The van der Waals surface area contributed by atoms with Crippen LogP contribution >= 0.6 is 0 Å². The Morgan fingerprint density at radius 1 is 1.25 bits per heavy atom. The summed E-state index contributed by atoms with van der Waals surface area (Å²) in [7, 11) is -3.05. The standard InChI is InChI=1S/C15H21NO3S/c1-20(18,19)14-4-2-3-13(9-14)15(17)12-7-5-11(10-16)6-8-12/h5-8,13-14H,2-4,9-10,16H2,1H3. The quantitative estimate of drug-likeness (QED) is 0.861. The second-order valence-electron chi connectivity index (χ2n) is 5.58. The van der Waals surface area contributed by atoms with Crippen molar-refractivity contribution in [1.29, 1.82) is 0 Å². The number of carbonyl (C=O) groups excluding carboxylic acids is 1. The number of sulfone groups is 1. The third kappa shape index (κ3) is 3.46. The van der Waals surface area contributed by atoms with Crippen LogP contribution in [-0.4, -0.2) is 25.7 Å². The molecule has 0 amide bonds. The maximum Gasteiger partial charge on any atom is 0.165 e. The molecule has 0 heterocycles. The minimum absolute atomic E-state index is 0.0573. The van der Waals surface area contributed by atoms with Crippen LogP contribution in [0.15, 0.2) is 24.3 Å². The van der Waals surface area contributed by atoms with Crippen molar-refractivity contribution in [3.8, 4) is 0 Å². The van der Waals surface area contributed by atoms with Crippen LogP contribution in [0.3, 0.4) is 0 Å². The number of nitrogens with two attached hydrogens (primary N) is 1. The first-order chi connectivity index (χ1) is 9.41. The van der Waals surface area contributed by atoms with Crippen LogP contribution < -0.4 is 5.73 Å². The predicted octanol–water partition coefficient (Wildman–Crippen LogP) is 1.93. The molecule has 0 spiro atoms. The third-order valence-corrected chi connectivity index (χ3v) is 5.72. The van der Waals surface area contributed by atoms with Gasteiger partial charge in [0.05, 0.1) is 5.25 Å². The summed E-state index contributed by atoms with van der Waals surface area (Å²) in [4.78, 5) is 12.4. The van der Waals surface area contributed by atoms with Crippen molar-refractivity contribution >= 4 is 15.6 Å². The molecule has 2 N–H and O–H groups in total. The Balaban J connectivity index is 2.12. The molecule has 2 atom stereocenters. The highest BCUT2D eigenvalue weighted by molar-refractivity contribution is 7.91. The predicted molar refractivity (Wildman–Crippen MR) is 79.3 cm³/mol. The second-order valence-corrected chi connectivity index (χ2v) is 7.91. The fourth-order valence-corrected chi connectivity index (χ4v) is 3.99. The number of hydrogen-bond donors (Lipinski definition) is 1. The van der Waals surface area contributed by atoms with Gasteiger partial charge in [-0.3, -0.25) is 4.79 Å². The molecule has 4 nitrogen and oxygen atoms in total. The lowest BCUT2D eigenvalue weighted by atomic mass is 9.83. The van der Waals surface area contributed by atoms with E-state index >= 15 is 0 Å². The van der Waals surface area contributed by atoms with E-state index in [4.69, 9.17) is 5.73 Å². The average molecular weight is 295 g/mol. The van der Waals surface area contributed by atoms with Gasteiger partial charge in [-0.25, -0.2) is 8.42 Å². The first kappa shape index (κ1) is 15.2. The van der Waals surface area contributed by atoms with E-state index in [9.17, 15) is 13.2 Å². The Morgan fingerprint density at radius 2 is 1.90 bits per heavy atom. The summed E-state index contributed by atoms with van der Waals surface area (Å²) in [6, 6.07) is 7.28. The fraction of sp³-hybridized carbons (Fsp3) is 0.533. The fourth-order valence-electron chi connectivity index (χ4n) is 2.81. The molecule has 1 aliphatic carbocycles. The number of hydrogen-bond acceptors (Lipinski definition) is 4. The molecule has 0 aromatic heterocycles. The summed E-state index contributed by atoms with van der Waals surface area (Å²) in [6.45, 7) is 0.452. The Hall–Kier alpha value is -1.20. The van der Waals surface area contributed by atoms with E-state index in [1.165, 1.54) is 6.26 Å². The van der Waals surface area contributed by atoms with E-state index in [1.54, 1.807) is 12.1 Å². The van der Waals surface area contributed by atoms with Crippen LogP contribution in [-0.2, 0) is 16.4 Å². The normalized spacial score (nSPS) is 23.5. The van der Waals surface area contributed by atoms with Gasteiger partial charge >= 0.3 is 0 Å². The lowest BCUT2D eigenvalue weighted by molar-refractivity contribution is 0.0891. The molecule has 20 heavy (non-hydrogen) atoms. The first-order valence-electron chi connectivity index (χ1n) is 6.94. The highest BCUT2D eigenvalue weighted by atomic mass is 32.2. The highest BCUT2D eigenvalue weighted by Crippen LogP contribution is 2.30. The van der Waals surface area contributed by atoms with Gasteiger partial charge in [-0.2, -0.15) is 0 Å². The minimum Gasteiger partial charge on any atom is -0.326 e. The second kappa shape index (κ2) is 6.06. The number of ketones is 1. The van der Waals surface area contributed by atoms with Gasteiger partial charge in [0.25, 0.3) is 0 Å². The molecular weight excluding hydrogens is 274 g/mol. The zero-order valence-electron chi connectivity index (χ0n) is 11.7. The molecule has 2 unspecified atom stereocenters. The van der Waals surface area contributed by atoms with Crippen LogP contribution in [0.25, 0.3) is 0 Å². The van der Waals surface area contributed by atoms with Gasteiger partial charge in [0.1, 0.15) is 9.84 Å². The van der Waals surface area contributed by atoms with Gasteiger partial charge in [0.15, 0.2) is 5.78 Å². The topological polar surface area (TPSA) is 77.2 Å². The molecule has 0 aliphatic heterocycles. The maximum atomic E-state index is 12.4. The number of carbonyl (C=O) groups is 1. The maximum absolute atomic E-state index is 12.4. The van der Waals surface area contributed by atoms with Gasteiger partial charge in [-0.15, -0.1) is 0 Å². The first-order valence-corrected chi connectivity index (χ1v) is 8.89. The van der Waals surface area contributed by atoms with Crippen molar-refractivity contribution < 1.29 is 13.2 Å². The van der Waals surface area contributed by atoms with Crippen molar-refractivity contribution in [3.05, 3.63) is 35.4 Å².